The van der Waals surface area contributed by atoms with Gasteiger partial charge in [0.25, 0.3) is 5.56 Å². The fourth-order valence-corrected chi connectivity index (χ4v) is 6.63. The number of nitrogens with one attached hydrogen (secondary N) is 2. The topological polar surface area (TPSA) is 169 Å². The van der Waals surface area contributed by atoms with Crippen LogP contribution in [0.25, 0.3) is 11.0 Å². The van der Waals surface area contributed by atoms with Gasteiger partial charge in [-0.05, 0) is 51.3 Å². The third-order valence-corrected chi connectivity index (χ3v) is 9.14. The molecule has 0 spiro atoms. The van der Waals surface area contributed by atoms with E-state index >= 15 is 0 Å². The number of carbonyl (C=O) groups excluding carboxylic acids is 2. The van der Waals surface area contributed by atoms with Gasteiger partial charge in [-0.1, -0.05) is 12.8 Å². The van der Waals surface area contributed by atoms with E-state index in [1.165, 1.54) is 11.2 Å². The van der Waals surface area contributed by atoms with Crippen LogP contribution in [0.5, 0.6) is 0 Å². The number of piperazine rings is 1. The number of carbonyl (C=O) groups is 2. The third-order valence-electron chi connectivity index (χ3n) is 7.67. The SMILES string of the molecule is CCOC(=O)NS(=O)(=O)N1CCN(c2ccc(Nc3ncc4c(C)c(C(C)=O)c(=O)n(C5CCCC5)c4n3)nc2)CC1. The Hall–Kier alpha value is -4.11. The lowest BCUT2D eigenvalue weighted by molar-refractivity contribution is 0.101. The lowest BCUT2D eigenvalue weighted by atomic mass is 10.0. The molecule has 3 aromatic heterocycles. The summed E-state index contributed by atoms with van der Waals surface area (Å²) in [6, 6.07) is 3.60. The first-order valence-corrected chi connectivity index (χ1v) is 15.4. The highest BCUT2D eigenvalue weighted by atomic mass is 32.2. The van der Waals surface area contributed by atoms with Gasteiger partial charge < -0.3 is 15.0 Å². The van der Waals surface area contributed by atoms with Crippen LogP contribution in [-0.2, 0) is 14.9 Å². The van der Waals surface area contributed by atoms with Gasteiger partial charge in [-0.3, -0.25) is 14.2 Å². The van der Waals surface area contributed by atoms with Crippen molar-refractivity contribution in [2.45, 2.75) is 52.5 Å². The van der Waals surface area contributed by atoms with E-state index in [0.717, 1.165) is 31.4 Å². The molecule has 224 valence electrons. The van der Waals surface area contributed by atoms with Crippen LogP contribution in [-0.4, -0.2) is 76.9 Å². The van der Waals surface area contributed by atoms with Crippen LogP contribution in [0.4, 0.5) is 22.2 Å². The Labute approximate surface area is 243 Å². The molecule has 0 bridgehead atoms. The molecule has 5 rings (SSSR count). The summed E-state index contributed by atoms with van der Waals surface area (Å²) in [4.78, 5) is 52.9. The van der Waals surface area contributed by atoms with E-state index in [9.17, 15) is 22.8 Å². The zero-order valence-electron chi connectivity index (χ0n) is 23.8. The highest BCUT2D eigenvalue weighted by Gasteiger charge is 2.29. The zero-order valence-corrected chi connectivity index (χ0v) is 24.6. The van der Waals surface area contributed by atoms with E-state index in [-0.39, 0.29) is 48.6 Å². The van der Waals surface area contributed by atoms with E-state index in [1.54, 1.807) is 36.9 Å². The number of ketones is 1. The molecule has 14 nitrogen and oxygen atoms in total. The van der Waals surface area contributed by atoms with Crippen LogP contribution in [0.1, 0.15) is 61.5 Å². The Kier molecular flexibility index (Phi) is 8.41. The molecule has 2 aliphatic rings. The first kappa shape index (κ1) is 29.4. The molecule has 0 aromatic carbocycles. The van der Waals surface area contributed by atoms with E-state index in [0.29, 0.717) is 35.5 Å². The molecule has 0 unspecified atom stereocenters. The van der Waals surface area contributed by atoms with Crippen molar-refractivity contribution in [3.8, 4) is 0 Å². The van der Waals surface area contributed by atoms with Gasteiger partial charge in [0, 0.05) is 43.8 Å². The maximum Gasteiger partial charge on any atom is 0.421 e. The molecule has 42 heavy (non-hydrogen) atoms. The van der Waals surface area contributed by atoms with Crippen LogP contribution in [0, 0.1) is 6.92 Å². The highest BCUT2D eigenvalue weighted by Crippen LogP contribution is 2.32. The molecule has 0 radical (unpaired) electrons. The summed E-state index contributed by atoms with van der Waals surface area (Å²) in [5.41, 5.74) is 1.75. The molecule has 15 heteroatoms. The van der Waals surface area contributed by atoms with E-state index < -0.39 is 16.3 Å². The number of fused-ring (bicyclic) bond motifs is 1. The van der Waals surface area contributed by atoms with E-state index in [4.69, 9.17) is 4.98 Å². The summed E-state index contributed by atoms with van der Waals surface area (Å²) in [6.45, 7) is 6.02. The number of pyridine rings is 2. The first-order valence-electron chi connectivity index (χ1n) is 13.9. The molecule has 1 aliphatic carbocycles. The molecular formula is C27H34N8O6S. The first-order chi connectivity index (χ1) is 20.1. The molecule has 3 aromatic rings. The second kappa shape index (κ2) is 12.0. The Balaban J connectivity index is 1.31. The molecular weight excluding hydrogens is 564 g/mol. The van der Waals surface area contributed by atoms with Crippen molar-refractivity contribution in [2.75, 3.05) is 43.0 Å². The summed E-state index contributed by atoms with van der Waals surface area (Å²) >= 11 is 0. The van der Waals surface area contributed by atoms with Crippen LogP contribution in [0.2, 0.25) is 0 Å². The largest absolute Gasteiger partial charge is 0.449 e. The minimum absolute atomic E-state index is 0.0183. The van der Waals surface area contributed by atoms with Crippen molar-refractivity contribution in [2.24, 2.45) is 0 Å². The van der Waals surface area contributed by atoms with Gasteiger partial charge in [0.15, 0.2) is 5.78 Å². The summed E-state index contributed by atoms with van der Waals surface area (Å²) in [7, 11) is -3.98. The zero-order chi connectivity index (χ0) is 30.0. The fourth-order valence-electron chi connectivity index (χ4n) is 5.59. The van der Waals surface area contributed by atoms with Crippen molar-refractivity contribution in [1.29, 1.82) is 0 Å². The van der Waals surface area contributed by atoms with Gasteiger partial charge in [0.2, 0.25) is 5.95 Å². The van der Waals surface area contributed by atoms with E-state index in [1.807, 2.05) is 15.7 Å². The minimum Gasteiger partial charge on any atom is -0.449 e. The summed E-state index contributed by atoms with van der Waals surface area (Å²) in [5.74, 6) is 0.496. The van der Waals surface area contributed by atoms with Crippen LogP contribution >= 0.6 is 0 Å². The smallest absolute Gasteiger partial charge is 0.421 e. The Morgan fingerprint density at radius 1 is 1.07 bits per heavy atom. The number of nitrogens with zero attached hydrogens (tertiary/aromatic N) is 6. The Morgan fingerprint density at radius 3 is 2.40 bits per heavy atom. The lowest BCUT2D eigenvalue weighted by Crippen LogP contribution is -2.53. The number of ether oxygens (including phenoxy) is 1. The number of Topliss-reactive ketones (excluding diaryl/α,β-unsaturated/α-hetero) is 1. The average molecular weight is 599 g/mol. The number of hydrogen-bond acceptors (Lipinski definition) is 11. The molecule has 2 N–H and O–H groups in total. The predicted molar refractivity (Wildman–Crippen MR) is 156 cm³/mol. The van der Waals surface area contributed by atoms with Gasteiger partial charge in [-0.15, -0.1) is 0 Å². The summed E-state index contributed by atoms with van der Waals surface area (Å²) in [6.07, 6.45) is 6.05. The monoisotopic (exact) mass is 598 g/mol. The van der Waals surface area contributed by atoms with Gasteiger partial charge in [-0.2, -0.15) is 17.7 Å². The van der Waals surface area contributed by atoms with Crippen molar-refractivity contribution < 1.29 is 22.7 Å². The Bertz CT molecular complexity index is 1660. The van der Waals surface area contributed by atoms with Crippen molar-refractivity contribution in [3.05, 3.63) is 46.0 Å². The van der Waals surface area contributed by atoms with Crippen LogP contribution in [0.15, 0.2) is 29.3 Å². The second-order valence-electron chi connectivity index (χ2n) is 10.3. The van der Waals surface area contributed by atoms with Crippen molar-refractivity contribution in [3.63, 3.8) is 0 Å². The molecule has 1 amide bonds. The number of anilines is 3. The quantitative estimate of drug-likeness (QED) is 0.366. The van der Waals surface area contributed by atoms with Gasteiger partial charge in [0.1, 0.15) is 11.5 Å². The molecule has 0 atom stereocenters. The Morgan fingerprint density at radius 2 is 1.79 bits per heavy atom. The van der Waals surface area contributed by atoms with Gasteiger partial charge in [-0.25, -0.2) is 19.5 Å². The predicted octanol–water partition coefficient (Wildman–Crippen LogP) is 2.67. The van der Waals surface area contributed by atoms with Gasteiger partial charge in [0.05, 0.1) is 24.1 Å². The van der Waals surface area contributed by atoms with Crippen LogP contribution < -0.4 is 20.5 Å². The average Bonchev–Trinajstić information content (AvgIpc) is 3.48. The number of aryl methyl sites for hydroxylation is 1. The maximum absolute atomic E-state index is 13.4. The molecule has 1 saturated carbocycles. The minimum atomic E-state index is -3.98. The van der Waals surface area contributed by atoms with Gasteiger partial charge >= 0.3 is 16.3 Å². The van der Waals surface area contributed by atoms with Crippen LogP contribution in [0.3, 0.4) is 0 Å². The number of rotatable bonds is 8. The summed E-state index contributed by atoms with van der Waals surface area (Å²) < 4.78 is 34.3. The molecule has 2 fully saturated rings. The molecule has 1 aliphatic heterocycles. The number of hydrogen-bond donors (Lipinski definition) is 2. The molecule has 4 heterocycles. The lowest BCUT2D eigenvalue weighted by Gasteiger charge is -2.34. The standard InChI is InChI=1S/C27H34N8O6S/c1-4-41-27(38)32-42(39,40)34-13-11-33(12-14-34)20-9-10-22(28-15-20)30-26-29-16-21-17(2)23(18(3)36)25(37)35(24(21)31-26)19-7-5-6-8-19/h9-10,15-16,19H,4-8,11-14H2,1-3H3,(H,32,38)(H,28,29,30,31). The highest BCUT2D eigenvalue weighted by molar-refractivity contribution is 7.87. The molecule has 1 saturated heterocycles. The third kappa shape index (κ3) is 5.92. The van der Waals surface area contributed by atoms with Crippen molar-refractivity contribution in [1.82, 2.24) is 28.5 Å². The maximum atomic E-state index is 13.4. The summed E-state index contributed by atoms with van der Waals surface area (Å²) in [5, 5.41) is 3.77. The number of aromatic nitrogens is 4. The fraction of sp³-hybridized carbons (Fsp3) is 0.481. The van der Waals surface area contributed by atoms with E-state index in [2.05, 4.69) is 20.0 Å². The van der Waals surface area contributed by atoms with Crippen molar-refractivity contribution >= 4 is 50.6 Å². The normalized spacial score (nSPS) is 16.5. The number of amides is 1. The second-order valence-corrected chi connectivity index (χ2v) is 12.0.